The fourth-order valence-electron chi connectivity index (χ4n) is 3.31. The second kappa shape index (κ2) is 6.51. The number of aromatic nitrogens is 3. The second-order valence-corrected chi connectivity index (χ2v) is 6.54. The molecule has 1 aliphatic rings. The van der Waals surface area contributed by atoms with E-state index in [-0.39, 0.29) is 12.1 Å². The van der Waals surface area contributed by atoms with Gasteiger partial charge in [0.1, 0.15) is 11.9 Å². The molecule has 1 N–H and O–H groups in total. The third-order valence-electron chi connectivity index (χ3n) is 4.51. The molecule has 0 spiro atoms. The van der Waals surface area contributed by atoms with E-state index in [1.165, 1.54) is 0 Å². The molecule has 1 aromatic carbocycles. The number of ether oxygens (including phenoxy) is 1. The van der Waals surface area contributed by atoms with Crippen molar-refractivity contribution in [1.29, 1.82) is 0 Å². The molecule has 0 aliphatic carbocycles. The Morgan fingerprint density at radius 1 is 1.33 bits per heavy atom. The van der Waals surface area contributed by atoms with E-state index in [1.807, 2.05) is 54.5 Å². The lowest BCUT2D eigenvalue weighted by Crippen LogP contribution is -2.32. The highest BCUT2D eigenvalue weighted by Crippen LogP contribution is 2.29. The number of hydrogen-bond donors (Lipinski definition) is 1. The first kappa shape index (κ1) is 15.6. The van der Waals surface area contributed by atoms with E-state index < -0.39 is 0 Å². The number of hydrogen-bond acceptors (Lipinski definition) is 4. The fraction of sp³-hybridized carbons (Fsp3) is 0.333. The Kier molecular flexibility index (Phi) is 4.22. The number of benzene rings is 1. The molecule has 0 unspecified atom stereocenters. The Morgan fingerprint density at radius 3 is 3.08 bits per heavy atom. The molecule has 124 valence electrons. The maximum Gasteiger partial charge on any atom is 0.139 e. The molecule has 0 radical (unpaired) electrons. The van der Waals surface area contributed by atoms with E-state index in [2.05, 4.69) is 15.3 Å². The highest BCUT2D eigenvalue weighted by molar-refractivity contribution is 6.31. The third kappa shape index (κ3) is 2.90. The predicted octanol–water partition coefficient (Wildman–Crippen LogP) is 3.24. The van der Waals surface area contributed by atoms with E-state index in [0.717, 1.165) is 40.3 Å². The molecule has 1 aliphatic heterocycles. The number of imidazole rings is 1. The maximum atomic E-state index is 6.26. The first-order chi connectivity index (χ1) is 11.7. The summed E-state index contributed by atoms with van der Waals surface area (Å²) in [4.78, 5) is 8.94. The van der Waals surface area contributed by atoms with Crippen molar-refractivity contribution in [2.24, 2.45) is 7.05 Å². The molecule has 1 saturated heterocycles. The van der Waals surface area contributed by atoms with E-state index >= 15 is 0 Å². The van der Waals surface area contributed by atoms with Gasteiger partial charge < -0.3 is 14.6 Å². The van der Waals surface area contributed by atoms with Gasteiger partial charge in [0.2, 0.25) is 0 Å². The van der Waals surface area contributed by atoms with Gasteiger partial charge in [-0.3, -0.25) is 4.98 Å². The number of nitrogens with one attached hydrogen (secondary N) is 1. The van der Waals surface area contributed by atoms with E-state index in [1.54, 1.807) is 0 Å². The number of halogens is 1. The molecule has 0 saturated carbocycles. The summed E-state index contributed by atoms with van der Waals surface area (Å²) < 4.78 is 7.92. The molecule has 2 atom stereocenters. The SMILES string of the molecule is Cn1ccnc1[C@H]1OCC[C@@H]1NCc1cc(Cl)cc2cccnc12. The van der Waals surface area contributed by atoms with E-state index in [9.17, 15) is 0 Å². The van der Waals surface area contributed by atoms with Crippen molar-refractivity contribution in [2.75, 3.05) is 6.61 Å². The minimum Gasteiger partial charge on any atom is -0.369 e. The monoisotopic (exact) mass is 342 g/mol. The maximum absolute atomic E-state index is 6.26. The summed E-state index contributed by atoms with van der Waals surface area (Å²) in [5.41, 5.74) is 2.09. The van der Waals surface area contributed by atoms with Crippen molar-refractivity contribution in [2.45, 2.75) is 25.1 Å². The predicted molar refractivity (Wildman–Crippen MR) is 93.9 cm³/mol. The van der Waals surface area contributed by atoms with Gasteiger partial charge in [0.25, 0.3) is 0 Å². The van der Waals surface area contributed by atoms with Crippen LogP contribution in [0.1, 0.15) is 23.9 Å². The average molecular weight is 343 g/mol. The molecule has 0 bridgehead atoms. The molecule has 4 rings (SSSR count). The topological polar surface area (TPSA) is 52.0 Å². The molecular formula is C18H19ClN4O. The quantitative estimate of drug-likeness (QED) is 0.790. The Hall–Kier alpha value is -1.95. The van der Waals surface area contributed by atoms with Gasteiger partial charge in [-0.2, -0.15) is 0 Å². The van der Waals surface area contributed by atoms with Crippen LogP contribution in [0.2, 0.25) is 5.02 Å². The van der Waals surface area contributed by atoms with Crippen LogP contribution in [0.4, 0.5) is 0 Å². The number of rotatable bonds is 4. The molecule has 1 fully saturated rings. The molecule has 3 aromatic rings. The zero-order valence-corrected chi connectivity index (χ0v) is 14.2. The minimum atomic E-state index is -0.0246. The van der Waals surface area contributed by atoms with Gasteiger partial charge in [0.15, 0.2) is 0 Å². The number of nitrogens with zero attached hydrogens (tertiary/aromatic N) is 3. The first-order valence-corrected chi connectivity index (χ1v) is 8.45. The molecular weight excluding hydrogens is 324 g/mol. The average Bonchev–Trinajstić information content (AvgIpc) is 3.20. The summed E-state index contributed by atoms with van der Waals surface area (Å²) in [6.45, 7) is 1.44. The van der Waals surface area contributed by atoms with Crippen LogP contribution in [-0.2, 0) is 18.3 Å². The highest BCUT2D eigenvalue weighted by Gasteiger charge is 2.32. The Bertz CT molecular complexity index is 863. The van der Waals surface area contributed by atoms with Gasteiger partial charge in [0, 0.05) is 55.2 Å². The van der Waals surface area contributed by atoms with Crippen LogP contribution in [0.25, 0.3) is 10.9 Å². The normalized spacial score (nSPS) is 20.8. The zero-order chi connectivity index (χ0) is 16.5. The van der Waals surface area contributed by atoms with Gasteiger partial charge in [-0.05, 0) is 30.2 Å². The molecule has 5 nitrogen and oxygen atoms in total. The van der Waals surface area contributed by atoms with Crippen LogP contribution >= 0.6 is 11.6 Å². The second-order valence-electron chi connectivity index (χ2n) is 6.10. The van der Waals surface area contributed by atoms with Crippen molar-refractivity contribution >= 4 is 22.5 Å². The molecule has 0 amide bonds. The number of fused-ring (bicyclic) bond motifs is 1. The lowest BCUT2D eigenvalue weighted by atomic mass is 10.1. The van der Waals surface area contributed by atoms with Crippen molar-refractivity contribution < 1.29 is 4.74 Å². The Labute approximate surface area is 145 Å². The summed E-state index contributed by atoms with van der Waals surface area (Å²) >= 11 is 6.26. The lowest BCUT2D eigenvalue weighted by Gasteiger charge is -2.20. The summed E-state index contributed by atoms with van der Waals surface area (Å²) in [5, 5.41) is 5.40. The molecule has 3 heterocycles. The van der Waals surface area contributed by atoms with Crippen molar-refractivity contribution in [3.05, 3.63) is 59.3 Å². The summed E-state index contributed by atoms with van der Waals surface area (Å²) in [5.74, 6) is 0.957. The first-order valence-electron chi connectivity index (χ1n) is 8.08. The van der Waals surface area contributed by atoms with Crippen LogP contribution < -0.4 is 5.32 Å². The van der Waals surface area contributed by atoms with Crippen LogP contribution in [0.5, 0.6) is 0 Å². The Balaban J connectivity index is 1.56. The molecule has 24 heavy (non-hydrogen) atoms. The summed E-state index contributed by atoms with van der Waals surface area (Å²) in [6.07, 6.45) is 6.51. The Morgan fingerprint density at radius 2 is 2.25 bits per heavy atom. The highest BCUT2D eigenvalue weighted by atomic mass is 35.5. The summed E-state index contributed by atoms with van der Waals surface area (Å²) in [6, 6.07) is 8.12. The molecule has 2 aromatic heterocycles. The smallest absolute Gasteiger partial charge is 0.139 e. The van der Waals surface area contributed by atoms with Gasteiger partial charge in [-0.15, -0.1) is 0 Å². The fourth-order valence-corrected chi connectivity index (χ4v) is 3.56. The van der Waals surface area contributed by atoms with Crippen molar-refractivity contribution in [1.82, 2.24) is 19.9 Å². The molecule has 6 heteroatoms. The van der Waals surface area contributed by atoms with Crippen LogP contribution in [0.15, 0.2) is 42.9 Å². The van der Waals surface area contributed by atoms with Crippen LogP contribution in [-0.4, -0.2) is 27.2 Å². The summed E-state index contributed by atoms with van der Waals surface area (Å²) in [7, 11) is 2.00. The van der Waals surface area contributed by atoms with Crippen LogP contribution in [0, 0.1) is 0 Å². The third-order valence-corrected chi connectivity index (χ3v) is 4.73. The standard InChI is InChI=1S/C18H19ClN4O/c1-23-7-6-21-18(23)17-15(4-8-24-17)22-11-13-10-14(19)9-12-3-2-5-20-16(12)13/h2-3,5-7,9-10,15,17,22H,4,8,11H2,1H3/t15-,17-/m0/s1. The van der Waals surface area contributed by atoms with Gasteiger partial charge >= 0.3 is 0 Å². The number of aryl methyl sites for hydroxylation is 1. The van der Waals surface area contributed by atoms with Gasteiger partial charge in [0.05, 0.1) is 5.52 Å². The lowest BCUT2D eigenvalue weighted by molar-refractivity contribution is 0.0893. The van der Waals surface area contributed by atoms with Crippen molar-refractivity contribution in [3.63, 3.8) is 0 Å². The van der Waals surface area contributed by atoms with Crippen LogP contribution in [0.3, 0.4) is 0 Å². The number of pyridine rings is 1. The van der Waals surface area contributed by atoms with E-state index in [4.69, 9.17) is 16.3 Å². The van der Waals surface area contributed by atoms with E-state index in [0.29, 0.717) is 6.54 Å². The van der Waals surface area contributed by atoms with Gasteiger partial charge in [-0.1, -0.05) is 17.7 Å². The van der Waals surface area contributed by atoms with Crippen molar-refractivity contribution in [3.8, 4) is 0 Å². The minimum absolute atomic E-state index is 0.0246. The van der Waals surface area contributed by atoms with Gasteiger partial charge in [-0.25, -0.2) is 4.98 Å². The largest absolute Gasteiger partial charge is 0.369 e. The zero-order valence-electron chi connectivity index (χ0n) is 13.4.